The molecule has 8 amide bonds. The number of rotatable bonds is 14. The number of carbonyl (C=O) groups is 6. The normalized spacial score (nSPS) is 21.6. The van der Waals surface area contributed by atoms with Gasteiger partial charge in [-0.25, -0.2) is 19.6 Å². The molecule has 4 N–H and O–H groups in total. The Kier molecular flexibility index (Phi) is 16.0. The number of nitrogens with one attached hydrogen (secondary N) is 4. The number of anilines is 2. The van der Waals surface area contributed by atoms with Gasteiger partial charge in [-0.3, -0.25) is 19.2 Å². The molecule has 16 nitrogen and oxygen atoms in total. The summed E-state index contributed by atoms with van der Waals surface area (Å²) >= 11 is 0. The lowest BCUT2D eigenvalue weighted by atomic mass is 9.86. The molecule has 0 bridgehead atoms. The molecule has 0 saturated carbocycles. The lowest BCUT2D eigenvalue weighted by molar-refractivity contribution is -0.151. The zero-order valence-corrected chi connectivity index (χ0v) is 46.3. The van der Waals surface area contributed by atoms with Gasteiger partial charge < -0.3 is 40.9 Å². The Labute approximate surface area is 460 Å². The maximum atomic E-state index is 16.0. The molecular weight excluding hydrogens is 981 g/mol. The van der Waals surface area contributed by atoms with Crippen LogP contribution in [0.25, 0.3) is 0 Å². The number of amides is 8. The smallest absolute Gasteiger partial charge is 0.337 e. The van der Waals surface area contributed by atoms with E-state index in [4.69, 9.17) is 0 Å². The molecule has 6 aliphatic rings. The first kappa shape index (κ1) is 54.6. The Balaban J connectivity index is 1.03. The molecule has 0 aromatic heterocycles. The summed E-state index contributed by atoms with van der Waals surface area (Å²) in [5, 5.41) is 16.1. The number of fused-ring (bicyclic) bond motifs is 2. The second kappa shape index (κ2) is 22.9. The Morgan fingerprint density at radius 1 is 0.551 bits per heavy atom. The van der Waals surface area contributed by atoms with E-state index in [-0.39, 0.29) is 54.6 Å². The number of hydrogen-bond acceptors (Lipinski definition) is 8. The van der Waals surface area contributed by atoms with E-state index in [0.29, 0.717) is 110 Å². The maximum absolute atomic E-state index is 16.0. The molecule has 414 valence electrons. The largest absolute Gasteiger partial charge is 0.341 e. The van der Waals surface area contributed by atoms with Crippen molar-refractivity contribution in [2.75, 3.05) is 62.2 Å². The van der Waals surface area contributed by atoms with E-state index >= 15 is 19.2 Å². The number of hydrogen-bond donors (Lipinski definition) is 4. The van der Waals surface area contributed by atoms with Crippen LogP contribution in [0.1, 0.15) is 115 Å². The fourth-order valence-corrected chi connectivity index (χ4v) is 13.1. The van der Waals surface area contributed by atoms with Gasteiger partial charge in [0.15, 0.2) is 0 Å². The highest BCUT2D eigenvalue weighted by Crippen LogP contribution is 2.45. The monoisotopic (exact) mass is 1060 g/mol. The SMILES string of the molecule is CC1(NC(=O)N(C(CCc2ccccc2)C(=O)N2CCC(N3C(=O)C(C)(C)c4ccccc43)CC2)N(C(=O)NC2CCNC2)C(CCc2ccccc2)C(=O)N2CCC(N3C(=O)C(C)(C)c4ccccc43)CC2)CCNCC1. The second-order valence-corrected chi connectivity index (χ2v) is 23.9. The summed E-state index contributed by atoms with van der Waals surface area (Å²) in [6, 6.07) is 31.3. The predicted octanol–water partition coefficient (Wildman–Crippen LogP) is 7.06. The number of hydrazine groups is 1. The third-order valence-electron chi connectivity index (χ3n) is 17.9. The number of urea groups is 2. The van der Waals surface area contributed by atoms with E-state index in [9.17, 15) is 9.59 Å². The number of aryl methyl sites for hydroxylation is 2. The second-order valence-electron chi connectivity index (χ2n) is 23.9. The van der Waals surface area contributed by atoms with E-state index < -0.39 is 40.5 Å². The fraction of sp³-hybridized carbons (Fsp3) is 0.516. The van der Waals surface area contributed by atoms with Gasteiger partial charge in [0.05, 0.1) is 10.8 Å². The molecular formula is C62H80N10O6. The van der Waals surface area contributed by atoms with E-state index in [1.807, 2.05) is 154 Å². The van der Waals surface area contributed by atoms with Gasteiger partial charge in [0.25, 0.3) is 0 Å². The molecule has 4 aromatic rings. The van der Waals surface area contributed by atoms with Crippen molar-refractivity contribution in [3.8, 4) is 0 Å². The zero-order valence-electron chi connectivity index (χ0n) is 46.3. The van der Waals surface area contributed by atoms with Crippen molar-refractivity contribution in [2.45, 2.75) is 152 Å². The standard InChI is InChI=1S/C62H80N10O6/c1-60(2)48-20-12-14-22-50(48)69(56(60)75)46-29-38-67(39-30-46)54(73)52(26-24-43-16-8-6-9-17-43)71(58(77)65-45-28-35-64-42-45)72(59(78)66-62(5)33-36-63-37-34-62)53(27-25-44-18-10-7-11-19-44)55(74)68-40-31-47(32-41-68)70-51-23-15-13-21-49(51)61(3,4)57(70)76/h6-23,45-47,52-53,63-64H,24-42H2,1-5H3,(H,65,77)(H,66,78). The molecule has 0 aliphatic carbocycles. The van der Waals surface area contributed by atoms with Crippen molar-refractivity contribution in [1.29, 1.82) is 0 Å². The molecule has 4 aromatic carbocycles. The number of piperidine rings is 3. The number of likely N-dealkylation sites (tertiary alicyclic amines) is 2. The van der Waals surface area contributed by atoms with Crippen molar-refractivity contribution in [3.63, 3.8) is 0 Å². The van der Waals surface area contributed by atoms with Gasteiger partial charge in [-0.05, 0) is 159 Å². The summed E-state index contributed by atoms with van der Waals surface area (Å²) in [5.74, 6) is -0.567. The molecule has 16 heteroatoms. The fourth-order valence-electron chi connectivity index (χ4n) is 13.1. The lowest BCUT2D eigenvalue weighted by Crippen LogP contribution is -2.70. The molecule has 0 spiro atoms. The van der Waals surface area contributed by atoms with Crippen molar-refractivity contribution in [3.05, 3.63) is 131 Å². The van der Waals surface area contributed by atoms with Crippen molar-refractivity contribution in [1.82, 2.24) is 41.1 Å². The van der Waals surface area contributed by atoms with E-state index in [2.05, 4.69) is 21.3 Å². The topological polar surface area (TPSA) is 170 Å². The maximum Gasteiger partial charge on any atom is 0.337 e. The summed E-state index contributed by atoms with van der Waals surface area (Å²) in [5.41, 5.74) is 3.63. The van der Waals surface area contributed by atoms with Crippen LogP contribution in [0, 0.1) is 0 Å². The Bertz CT molecular complexity index is 2820. The van der Waals surface area contributed by atoms with Crippen LogP contribution >= 0.6 is 0 Å². The molecule has 6 heterocycles. The highest BCUT2D eigenvalue weighted by atomic mass is 16.2. The summed E-state index contributed by atoms with van der Waals surface area (Å²) in [4.78, 5) is 99.7. The third kappa shape index (κ3) is 11.0. The van der Waals surface area contributed by atoms with Gasteiger partial charge in [0.2, 0.25) is 23.6 Å². The summed E-state index contributed by atoms with van der Waals surface area (Å²) in [6.07, 6.45) is 5.07. The van der Waals surface area contributed by atoms with Crippen molar-refractivity contribution >= 4 is 47.1 Å². The van der Waals surface area contributed by atoms with Crippen LogP contribution in [0.2, 0.25) is 0 Å². The quantitative estimate of drug-likeness (QED) is 0.0974. The lowest BCUT2D eigenvalue weighted by Gasteiger charge is -2.48. The average molecular weight is 1060 g/mol. The van der Waals surface area contributed by atoms with Crippen LogP contribution in [0.5, 0.6) is 0 Å². The van der Waals surface area contributed by atoms with E-state index in [0.717, 1.165) is 33.6 Å². The molecule has 6 aliphatic heterocycles. The van der Waals surface area contributed by atoms with Gasteiger partial charge in [-0.15, -0.1) is 0 Å². The first-order valence-electron chi connectivity index (χ1n) is 28.7. The van der Waals surface area contributed by atoms with Gasteiger partial charge >= 0.3 is 12.1 Å². The highest BCUT2D eigenvalue weighted by Gasteiger charge is 2.51. The van der Waals surface area contributed by atoms with Gasteiger partial charge in [0.1, 0.15) is 12.1 Å². The summed E-state index contributed by atoms with van der Waals surface area (Å²) < 4.78 is 0. The first-order valence-corrected chi connectivity index (χ1v) is 28.7. The number of benzene rings is 4. The Morgan fingerprint density at radius 2 is 0.974 bits per heavy atom. The molecule has 78 heavy (non-hydrogen) atoms. The van der Waals surface area contributed by atoms with Crippen LogP contribution in [0.15, 0.2) is 109 Å². The van der Waals surface area contributed by atoms with Crippen molar-refractivity contribution < 1.29 is 28.8 Å². The molecule has 3 atom stereocenters. The summed E-state index contributed by atoms with van der Waals surface area (Å²) in [6.45, 7) is 13.7. The highest BCUT2D eigenvalue weighted by molar-refractivity contribution is 6.09. The van der Waals surface area contributed by atoms with Crippen molar-refractivity contribution in [2.24, 2.45) is 0 Å². The Morgan fingerprint density at radius 3 is 1.41 bits per heavy atom. The third-order valence-corrected chi connectivity index (χ3v) is 17.9. The van der Waals surface area contributed by atoms with E-state index in [1.54, 1.807) is 9.80 Å². The Hall–Kier alpha value is -6.78. The molecule has 3 unspecified atom stereocenters. The minimum atomic E-state index is -1.23. The van der Waals surface area contributed by atoms with Crippen LogP contribution in [0.3, 0.4) is 0 Å². The minimum Gasteiger partial charge on any atom is -0.341 e. The van der Waals surface area contributed by atoms with Gasteiger partial charge in [-0.1, -0.05) is 97.1 Å². The zero-order chi connectivity index (χ0) is 54.8. The van der Waals surface area contributed by atoms with Crippen LogP contribution in [0.4, 0.5) is 21.0 Å². The molecule has 4 fully saturated rings. The van der Waals surface area contributed by atoms with Crippen LogP contribution < -0.4 is 31.1 Å². The van der Waals surface area contributed by atoms with Gasteiger partial charge in [-0.2, -0.15) is 0 Å². The average Bonchev–Trinajstić information content (AvgIpc) is 4.23. The van der Waals surface area contributed by atoms with Gasteiger partial charge in [0, 0.05) is 67.8 Å². The minimum absolute atomic E-state index is 0.0387. The summed E-state index contributed by atoms with van der Waals surface area (Å²) in [7, 11) is 0. The number of nitrogens with zero attached hydrogens (tertiary/aromatic N) is 6. The molecule has 10 rings (SSSR count). The van der Waals surface area contributed by atoms with Crippen LogP contribution in [-0.2, 0) is 42.8 Å². The molecule has 0 radical (unpaired) electrons. The predicted molar refractivity (Wildman–Crippen MR) is 303 cm³/mol. The first-order chi connectivity index (χ1) is 37.6. The number of para-hydroxylation sites is 2. The van der Waals surface area contributed by atoms with Crippen LogP contribution in [-0.4, -0.2) is 144 Å². The number of carbonyl (C=O) groups excluding carboxylic acids is 6. The molecule has 4 saturated heterocycles. The van der Waals surface area contributed by atoms with E-state index in [1.165, 1.54) is 10.0 Å².